The molecule has 0 radical (unpaired) electrons. The monoisotopic (exact) mass is 363 g/mol. The summed E-state index contributed by atoms with van der Waals surface area (Å²) in [5.74, 6) is -0.389. The Morgan fingerprint density at radius 2 is 1.89 bits per heavy atom. The Balaban J connectivity index is 1.38. The summed E-state index contributed by atoms with van der Waals surface area (Å²) in [5.41, 5.74) is 2.26. The summed E-state index contributed by atoms with van der Waals surface area (Å²) in [4.78, 5) is 30.9. The first-order chi connectivity index (χ1) is 13.2. The Hall–Kier alpha value is -2.99. The number of likely N-dealkylation sites (tertiary alicyclic amines) is 1. The molecule has 2 aromatic carbocycles. The number of ether oxygens (including phenoxy) is 1. The standard InChI is InChI=1S/C21H21N3O3/c25-20-12-22-18-8-4-5-9-19(18)24(20)15-21(26)27-17-10-11-23(14-17)13-16-6-2-1-3-7-16/h1-9,12,17H,10-11,13-15H2/t17-/m1/s1. The maximum atomic E-state index is 12.4. The van der Waals surface area contributed by atoms with Crippen LogP contribution in [0, 0.1) is 0 Å². The second-order valence-corrected chi connectivity index (χ2v) is 6.79. The third kappa shape index (κ3) is 4.06. The molecule has 0 unspecified atom stereocenters. The zero-order chi connectivity index (χ0) is 18.6. The van der Waals surface area contributed by atoms with Gasteiger partial charge in [0.05, 0.1) is 17.2 Å². The van der Waals surface area contributed by atoms with Gasteiger partial charge in [-0.25, -0.2) is 4.98 Å². The van der Waals surface area contributed by atoms with E-state index in [1.54, 1.807) is 6.07 Å². The zero-order valence-electron chi connectivity index (χ0n) is 15.0. The lowest BCUT2D eigenvalue weighted by Crippen LogP contribution is -2.29. The number of aromatic nitrogens is 2. The number of carbonyl (C=O) groups is 1. The molecule has 0 saturated carbocycles. The molecule has 1 aromatic heterocycles. The largest absolute Gasteiger partial charge is 0.460 e. The van der Waals surface area contributed by atoms with Gasteiger partial charge in [0, 0.05) is 19.6 Å². The van der Waals surface area contributed by atoms with Crippen molar-refractivity contribution in [3.05, 3.63) is 76.7 Å². The molecule has 27 heavy (non-hydrogen) atoms. The smallest absolute Gasteiger partial charge is 0.326 e. The molecule has 1 aliphatic heterocycles. The average Bonchev–Trinajstić information content (AvgIpc) is 3.11. The molecule has 1 atom stereocenters. The minimum Gasteiger partial charge on any atom is -0.460 e. The topological polar surface area (TPSA) is 64.4 Å². The number of hydrogen-bond donors (Lipinski definition) is 0. The summed E-state index contributed by atoms with van der Waals surface area (Å²) >= 11 is 0. The lowest BCUT2D eigenvalue weighted by Gasteiger charge is -2.17. The van der Waals surface area contributed by atoms with Gasteiger partial charge in [0.15, 0.2) is 0 Å². The Kier molecular flexibility index (Phi) is 4.98. The number of rotatable bonds is 5. The van der Waals surface area contributed by atoms with Crippen LogP contribution in [0.5, 0.6) is 0 Å². The highest BCUT2D eigenvalue weighted by atomic mass is 16.5. The number of nitrogens with zero attached hydrogens (tertiary/aromatic N) is 3. The van der Waals surface area contributed by atoms with Gasteiger partial charge in [-0.3, -0.25) is 19.1 Å². The van der Waals surface area contributed by atoms with Crippen LogP contribution in [0.15, 0.2) is 65.6 Å². The lowest BCUT2D eigenvalue weighted by atomic mass is 10.2. The van der Waals surface area contributed by atoms with Crippen molar-refractivity contribution in [2.24, 2.45) is 0 Å². The van der Waals surface area contributed by atoms with E-state index in [0.29, 0.717) is 17.6 Å². The van der Waals surface area contributed by atoms with Gasteiger partial charge >= 0.3 is 5.97 Å². The fraction of sp³-hybridized carbons (Fsp3) is 0.286. The maximum Gasteiger partial charge on any atom is 0.326 e. The molecule has 1 fully saturated rings. The number of esters is 1. The van der Waals surface area contributed by atoms with Crippen molar-refractivity contribution in [2.45, 2.75) is 25.6 Å². The third-order valence-electron chi connectivity index (χ3n) is 4.82. The highest BCUT2D eigenvalue weighted by Crippen LogP contribution is 2.16. The molecule has 6 heteroatoms. The average molecular weight is 363 g/mol. The van der Waals surface area contributed by atoms with E-state index in [4.69, 9.17) is 4.74 Å². The Morgan fingerprint density at radius 1 is 1.11 bits per heavy atom. The molecule has 2 heterocycles. The Labute approximate surface area is 157 Å². The van der Waals surface area contributed by atoms with Gasteiger partial charge in [0.1, 0.15) is 12.6 Å². The van der Waals surface area contributed by atoms with Crippen LogP contribution in [0.25, 0.3) is 11.0 Å². The van der Waals surface area contributed by atoms with Crippen LogP contribution in [0.3, 0.4) is 0 Å². The first-order valence-corrected chi connectivity index (χ1v) is 9.09. The first kappa shape index (κ1) is 17.4. The van der Waals surface area contributed by atoms with E-state index in [1.807, 2.05) is 36.4 Å². The van der Waals surface area contributed by atoms with E-state index in [1.165, 1.54) is 16.3 Å². The van der Waals surface area contributed by atoms with Gasteiger partial charge in [-0.15, -0.1) is 0 Å². The van der Waals surface area contributed by atoms with Crippen LogP contribution in [0.4, 0.5) is 0 Å². The fourth-order valence-electron chi connectivity index (χ4n) is 3.51. The molecule has 0 amide bonds. The molecule has 4 rings (SSSR count). The van der Waals surface area contributed by atoms with Gasteiger partial charge in [0.25, 0.3) is 5.56 Å². The Morgan fingerprint density at radius 3 is 2.74 bits per heavy atom. The van der Waals surface area contributed by atoms with Gasteiger partial charge in [0.2, 0.25) is 0 Å². The van der Waals surface area contributed by atoms with E-state index in [9.17, 15) is 9.59 Å². The quantitative estimate of drug-likeness (QED) is 0.651. The van der Waals surface area contributed by atoms with Crippen molar-refractivity contribution in [2.75, 3.05) is 13.1 Å². The second kappa shape index (κ2) is 7.72. The van der Waals surface area contributed by atoms with Crippen LogP contribution in [0.1, 0.15) is 12.0 Å². The van der Waals surface area contributed by atoms with Crippen molar-refractivity contribution >= 4 is 17.0 Å². The molecule has 3 aromatic rings. The molecular formula is C21H21N3O3. The molecule has 138 valence electrons. The second-order valence-electron chi connectivity index (χ2n) is 6.79. The molecule has 0 N–H and O–H groups in total. The summed E-state index contributed by atoms with van der Waals surface area (Å²) in [6.45, 7) is 2.36. The predicted molar refractivity (Wildman–Crippen MR) is 102 cm³/mol. The summed E-state index contributed by atoms with van der Waals surface area (Å²) in [7, 11) is 0. The maximum absolute atomic E-state index is 12.4. The molecular weight excluding hydrogens is 342 g/mol. The molecule has 1 saturated heterocycles. The molecule has 0 bridgehead atoms. The summed E-state index contributed by atoms with van der Waals surface area (Å²) in [6, 6.07) is 17.5. The number of benzene rings is 2. The number of para-hydroxylation sites is 2. The summed E-state index contributed by atoms with van der Waals surface area (Å²) in [5, 5.41) is 0. The van der Waals surface area contributed by atoms with Gasteiger partial charge < -0.3 is 4.74 Å². The van der Waals surface area contributed by atoms with Crippen LogP contribution < -0.4 is 5.56 Å². The Bertz CT molecular complexity index is 1000. The van der Waals surface area contributed by atoms with Crippen molar-refractivity contribution < 1.29 is 9.53 Å². The van der Waals surface area contributed by atoms with Gasteiger partial charge in [-0.2, -0.15) is 0 Å². The molecule has 1 aliphatic rings. The molecule has 0 spiro atoms. The minimum absolute atomic E-state index is 0.100. The van der Waals surface area contributed by atoms with E-state index in [-0.39, 0.29) is 24.2 Å². The van der Waals surface area contributed by atoms with E-state index >= 15 is 0 Å². The van der Waals surface area contributed by atoms with Crippen molar-refractivity contribution in [1.82, 2.24) is 14.5 Å². The van der Waals surface area contributed by atoms with Gasteiger partial charge in [-0.1, -0.05) is 42.5 Å². The normalized spacial score (nSPS) is 17.3. The summed E-state index contributed by atoms with van der Waals surface area (Å²) < 4.78 is 7.04. The van der Waals surface area contributed by atoms with E-state index in [2.05, 4.69) is 22.0 Å². The van der Waals surface area contributed by atoms with Crippen LogP contribution in [-0.4, -0.2) is 39.6 Å². The highest BCUT2D eigenvalue weighted by molar-refractivity contribution is 5.77. The molecule has 6 nitrogen and oxygen atoms in total. The zero-order valence-corrected chi connectivity index (χ0v) is 15.0. The highest BCUT2D eigenvalue weighted by Gasteiger charge is 2.26. The van der Waals surface area contributed by atoms with Crippen LogP contribution in [0.2, 0.25) is 0 Å². The van der Waals surface area contributed by atoms with Crippen molar-refractivity contribution in [1.29, 1.82) is 0 Å². The van der Waals surface area contributed by atoms with E-state index < -0.39 is 0 Å². The molecule has 0 aliphatic carbocycles. The van der Waals surface area contributed by atoms with Crippen molar-refractivity contribution in [3.63, 3.8) is 0 Å². The van der Waals surface area contributed by atoms with E-state index in [0.717, 1.165) is 19.5 Å². The number of carbonyl (C=O) groups excluding carboxylic acids is 1. The predicted octanol–water partition coefficient (Wildman–Crippen LogP) is 2.21. The number of fused-ring (bicyclic) bond motifs is 1. The lowest BCUT2D eigenvalue weighted by molar-refractivity contribution is -0.149. The van der Waals surface area contributed by atoms with Crippen LogP contribution in [-0.2, 0) is 22.6 Å². The third-order valence-corrected chi connectivity index (χ3v) is 4.82. The number of hydrogen-bond acceptors (Lipinski definition) is 5. The minimum atomic E-state index is -0.389. The van der Waals surface area contributed by atoms with Crippen LogP contribution >= 0.6 is 0 Å². The summed E-state index contributed by atoms with van der Waals surface area (Å²) in [6.07, 6.45) is 1.92. The first-order valence-electron chi connectivity index (χ1n) is 9.09. The SMILES string of the molecule is O=C(Cn1c(=O)cnc2ccccc21)O[C@@H]1CCN(Cc2ccccc2)C1. The van der Waals surface area contributed by atoms with Crippen molar-refractivity contribution in [3.8, 4) is 0 Å². The fourth-order valence-corrected chi connectivity index (χ4v) is 3.51. The van der Waals surface area contributed by atoms with Gasteiger partial charge in [-0.05, 0) is 24.1 Å².